The van der Waals surface area contributed by atoms with Crippen molar-refractivity contribution in [2.45, 2.75) is 38.9 Å². The molecule has 0 bridgehead atoms. The van der Waals surface area contributed by atoms with Crippen molar-refractivity contribution < 1.29 is 9.18 Å². The summed E-state index contributed by atoms with van der Waals surface area (Å²) in [7, 11) is 0. The molecule has 2 N–H and O–H groups in total. The molecule has 3 rings (SSSR count). The van der Waals surface area contributed by atoms with Gasteiger partial charge >= 0.3 is 0 Å². The molecule has 1 fully saturated rings. The van der Waals surface area contributed by atoms with Crippen molar-refractivity contribution in [1.29, 1.82) is 10.5 Å². The summed E-state index contributed by atoms with van der Waals surface area (Å²) in [4.78, 5) is 27.4. The number of benzene rings is 1. The van der Waals surface area contributed by atoms with E-state index in [0.29, 0.717) is 23.9 Å². The number of carbonyl (C=O) groups excluding carboxylic acids is 1. The third-order valence-electron chi connectivity index (χ3n) is 5.64. The van der Waals surface area contributed by atoms with Gasteiger partial charge in [0.2, 0.25) is 0 Å². The molecule has 0 atom stereocenters. The predicted molar refractivity (Wildman–Crippen MR) is 130 cm³/mol. The number of hydrogen-bond acceptors (Lipinski definition) is 7. The Morgan fingerprint density at radius 3 is 2.76 bits per heavy atom. The number of alkyl halides is 1. The molecule has 1 saturated heterocycles. The second kappa shape index (κ2) is 12.1. The molecule has 34 heavy (non-hydrogen) atoms. The van der Waals surface area contributed by atoms with Crippen LogP contribution in [0.25, 0.3) is 11.8 Å². The predicted octanol–water partition coefficient (Wildman–Crippen LogP) is 1.07. The lowest BCUT2D eigenvalue weighted by atomic mass is 10.1. The van der Waals surface area contributed by atoms with E-state index in [-0.39, 0.29) is 22.3 Å². The van der Waals surface area contributed by atoms with E-state index >= 15 is 0 Å². The lowest BCUT2D eigenvalue weighted by Crippen LogP contribution is -2.35. The normalized spacial score (nSPS) is 15.9. The number of piperidine rings is 1. The summed E-state index contributed by atoms with van der Waals surface area (Å²) in [6, 6.07) is 11.5. The van der Waals surface area contributed by atoms with E-state index in [1.807, 2.05) is 30.3 Å². The number of nitrogens with zero attached hydrogens (tertiary/aromatic N) is 4. The summed E-state index contributed by atoms with van der Waals surface area (Å²) in [6.45, 7) is 4.27. The largest absolute Gasteiger partial charge is 0.360 e. The molecule has 1 aromatic carbocycles. The lowest BCUT2D eigenvalue weighted by Gasteiger charge is -2.28. The van der Waals surface area contributed by atoms with Crippen LogP contribution in [0.2, 0.25) is 0 Å². The molecule has 0 radical (unpaired) electrons. The minimum atomic E-state index is -0.685. The van der Waals surface area contributed by atoms with Crippen molar-refractivity contribution in [3.05, 3.63) is 49.4 Å². The number of halogens is 1. The number of anilines is 1. The van der Waals surface area contributed by atoms with Gasteiger partial charge in [-0.05, 0) is 43.9 Å². The molecule has 178 valence electrons. The Kier molecular flexibility index (Phi) is 8.97. The first-order chi connectivity index (χ1) is 16.5. The van der Waals surface area contributed by atoms with Crippen molar-refractivity contribution >= 4 is 34.7 Å². The van der Waals surface area contributed by atoms with Gasteiger partial charge in [0.25, 0.3) is 11.5 Å². The van der Waals surface area contributed by atoms with E-state index in [0.717, 1.165) is 48.6 Å². The number of thiazole rings is 1. The second-order valence-electron chi connectivity index (χ2n) is 7.90. The SMILES string of the molecule is CCn1c(=O)/c(=C\Nc2cccc(CCN3CCC(F)CC3)c2)s/c1=C(/C#N)C(=O)NCC#N. The van der Waals surface area contributed by atoms with Crippen LogP contribution in [0.1, 0.15) is 25.3 Å². The smallest absolute Gasteiger partial charge is 0.270 e. The lowest BCUT2D eigenvalue weighted by molar-refractivity contribution is -0.115. The van der Waals surface area contributed by atoms with Crippen molar-refractivity contribution in [3.8, 4) is 12.1 Å². The van der Waals surface area contributed by atoms with Crippen molar-refractivity contribution in [2.24, 2.45) is 0 Å². The van der Waals surface area contributed by atoms with Gasteiger partial charge in [-0.3, -0.25) is 14.2 Å². The summed E-state index contributed by atoms with van der Waals surface area (Å²) in [5, 5.41) is 23.6. The Labute approximate surface area is 201 Å². The van der Waals surface area contributed by atoms with E-state index in [9.17, 15) is 19.2 Å². The van der Waals surface area contributed by atoms with Crippen LogP contribution in [0, 0.1) is 22.7 Å². The van der Waals surface area contributed by atoms with Crippen LogP contribution in [0.15, 0.2) is 29.1 Å². The van der Waals surface area contributed by atoms with Gasteiger partial charge in [-0.2, -0.15) is 10.5 Å². The average Bonchev–Trinajstić information content (AvgIpc) is 3.16. The standard InChI is InChI=1S/C24H27FN6O2S/c1-2-31-23(33)21(34-24(31)20(15-27)22(32)28-10-9-26)16-29-19-5-3-4-17(14-19)6-11-30-12-7-18(25)8-13-30/h3-5,14,16,18,29H,2,6-8,10-13H2,1H3,(H,28,32)/b21-16+,24-20-. The van der Waals surface area contributed by atoms with E-state index < -0.39 is 12.1 Å². The van der Waals surface area contributed by atoms with Crippen LogP contribution < -0.4 is 25.4 Å². The van der Waals surface area contributed by atoms with Crippen LogP contribution in [0.4, 0.5) is 10.1 Å². The third-order valence-corrected chi connectivity index (χ3v) is 6.77. The molecule has 1 aliphatic heterocycles. The summed E-state index contributed by atoms with van der Waals surface area (Å²) in [6.07, 6.45) is 2.94. The molecular formula is C24H27FN6O2S. The molecule has 0 saturated carbocycles. The van der Waals surface area contributed by atoms with Crippen molar-refractivity contribution in [3.63, 3.8) is 0 Å². The van der Waals surface area contributed by atoms with Crippen LogP contribution in [0.5, 0.6) is 0 Å². The molecule has 0 unspecified atom stereocenters. The zero-order valence-electron chi connectivity index (χ0n) is 19.0. The van der Waals surface area contributed by atoms with E-state index in [2.05, 4.69) is 15.5 Å². The molecule has 10 heteroatoms. The highest BCUT2D eigenvalue weighted by Gasteiger charge is 2.18. The maximum atomic E-state index is 13.3. The highest BCUT2D eigenvalue weighted by atomic mass is 32.1. The average molecular weight is 483 g/mol. The number of rotatable bonds is 8. The Hall–Kier alpha value is -3.47. The number of hydrogen-bond donors (Lipinski definition) is 2. The fraction of sp³-hybridized carbons (Fsp3) is 0.417. The molecule has 1 aliphatic rings. The highest BCUT2D eigenvalue weighted by molar-refractivity contribution is 7.07. The molecule has 0 aliphatic carbocycles. The maximum absolute atomic E-state index is 13.3. The maximum Gasteiger partial charge on any atom is 0.270 e. The Morgan fingerprint density at radius 1 is 1.32 bits per heavy atom. The first-order valence-electron chi connectivity index (χ1n) is 11.2. The van der Waals surface area contributed by atoms with Gasteiger partial charge in [0.1, 0.15) is 28.0 Å². The summed E-state index contributed by atoms with van der Waals surface area (Å²) in [5.41, 5.74) is 1.45. The van der Waals surface area contributed by atoms with Gasteiger partial charge in [0, 0.05) is 38.1 Å². The minimum absolute atomic E-state index is 0.197. The van der Waals surface area contributed by atoms with E-state index in [1.54, 1.807) is 19.2 Å². The molecule has 1 aromatic heterocycles. The van der Waals surface area contributed by atoms with Crippen molar-refractivity contribution in [1.82, 2.24) is 14.8 Å². The number of carbonyl (C=O) groups is 1. The quantitative estimate of drug-likeness (QED) is 0.544. The third kappa shape index (κ3) is 6.31. The fourth-order valence-corrected chi connectivity index (χ4v) is 4.86. The van der Waals surface area contributed by atoms with Crippen LogP contribution >= 0.6 is 11.3 Å². The Balaban J connectivity index is 1.79. The van der Waals surface area contributed by atoms with Crippen molar-refractivity contribution in [2.75, 3.05) is 31.5 Å². The van der Waals surface area contributed by atoms with E-state index in [4.69, 9.17) is 5.26 Å². The first kappa shape index (κ1) is 25.2. The number of aromatic nitrogens is 1. The van der Waals surface area contributed by atoms with Gasteiger partial charge in [0.05, 0.1) is 6.07 Å². The highest BCUT2D eigenvalue weighted by Crippen LogP contribution is 2.15. The van der Waals surface area contributed by atoms with Crippen LogP contribution in [-0.4, -0.2) is 47.7 Å². The summed E-state index contributed by atoms with van der Waals surface area (Å²) in [5.74, 6) is -0.685. The van der Waals surface area contributed by atoms with Crippen LogP contribution in [0.3, 0.4) is 0 Å². The topological polar surface area (TPSA) is 114 Å². The van der Waals surface area contributed by atoms with Gasteiger partial charge < -0.3 is 15.5 Å². The molecule has 0 spiro atoms. The number of likely N-dealkylation sites (tertiary alicyclic amines) is 1. The molecular weight excluding hydrogens is 455 g/mol. The summed E-state index contributed by atoms with van der Waals surface area (Å²) < 4.78 is 15.3. The Bertz CT molecular complexity index is 1280. The second-order valence-corrected chi connectivity index (χ2v) is 8.93. The summed E-state index contributed by atoms with van der Waals surface area (Å²) >= 11 is 1.05. The number of amides is 1. The Morgan fingerprint density at radius 2 is 2.09 bits per heavy atom. The molecule has 2 heterocycles. The molecule has 1 amide bonds. The first-order valence-corrected chi connectivity index (χ1v) is 12.0. The number of nitrogens with one attached hydrogen (secondary N) is 2. The van der Waals surface area contributed by atoms with Gasteiger partial charge in [-0.15, -0.1) is 11.3 Å². The zero-order valence-corrected chi connectivity index (χ0v) is 19.8. The van der Waals surface area contributed by atoms with Gasteiger partial charge in [-0.25, -0.2) is 4.39 Å². The number of nitriles is 2. The van der Waals surface area contributed by atoms with Crippen LogP contribution in [-0.2, 0) is 17.8 Å². The monoisotopic (exact) mass is 482 g/mol. The molecule has 8 nitrogen and oxygen atoms in total. The zero-order chi connectivity index (χ0) is 24.5. The molecule has 2 aromatic rings. The van der Waals surface area contributed by atoms with Gasteiger partial charge in [0.15, 0.2) is 5.57 Å². The minimum Gasteiger partial charge on any atom is -0.360 e. The fourth-order valence-electron chi connectivity index (χ4n) is 3.77. The van der Waals surface area contributed by atoms with Gasteiger partial charge in [-0.1, -0.05) is 12.1 Å². The van der Waals surface area contributed by atoms with E-state index in [1.165, 1.54) is 4.57 Å².